The number of rotatable bonds is 3. The molecule has 0 amide bonds. The third kappa shape index (κ3) is 3.37. The summed E-state index contributed by atoms with van der Waals surface area (Å²) in [4.78, 5) is 23.9. The first kappa shape index (κ1) is 15.6. The van der Waals surface area contributed by atoms with E-state index in [2.05, 4.69) is 14.9 Å². The van der Waals surface area contributed by atoms with Crippen LogP contribution in [0, 0.1) is 6.92 Å². The molecule has 1 aliphatic heterocycles. The van der Waals surface area contributed by atoms with Gasteiger partial charge in [-0.3, -0.25) is 0 Å². The standard InChI is InChI=1S/C16H17ClN4O2/c1-11-10-13(15(22)23)19-16(18-11)21-8-6-20(7-9-21)14-5-3-2-4-12(14)17/h2-5,10H,6-9H2,1H3,(H,22,23). The Morgan fingerprint density at radius 3 is 2.43 bits per heavy atom. The lowest BCUT2D eigenvalue weighted by Crippen LogP contribution is -2.47. The lowest BCUT2D eigenvalue weighted by molar-refractivity contribution is 0.0690. The number of para-hydroxylation sites is 1. The average Bonchev–Trinajstić information content (AvgIpc) is 2.55. The number of aryl methyl sites for hydroxylation is 1. The fourth-order valence-corrected chi connectivity index (χ4v) is 2.91. The zero-order chi connectivity index (χ0) is 16.4. The number of carbonyl (C=O) groups is 1. The van der Waals surface area contributed by atoms with Gasteiger partial charge in [-0.05, 0) is 25.1 Å². The summed E-state index contributed by atoms with van der Waals surface area (Å²) in [5, 5.41) is 9.86. The molecule has 0 spiro atoms. The highest BCUT2D eigenvalue weighted by Crippen LogP contribution is 2.26. The normalized spacial score (nSPS) is 14.9. The predicted molar refractivity (Wildman–Crippen MR) is 89.6 cm³/mol. The van der Waals surface area contributed by atoms with Crippen molar-refractivity contribution >= 4 is 29.2 Å². The molecule has 1 aliphatic rings. The first-order chi connectivity index (χ1) is 11.0. The highest BCUT2D eigenvalue weighted by molar-refractivity contribution is 6.33. The Labute approximate surface area is 139 Å². The third-order valence-corrected chi connectivity index (χ3v) is 4.14. The summed E-state index contributed by atoms with van der Waals surface area (Å²) < 4.78 is 0. The highest BCUT2D eigenvalue weighted by Gasteiger charge is 2.21. The summed E-state index contributed by atoms with van der Waals surface area (Å²) in [6, 6.07) is 9.24. The SMILES string of the molecule is Cc1cc(C(=O)O)nc(N2CCN(c3ccccc3Cl)CC2)n1. The lowest BCUT2D eigenvalue weighted by Gasteiger charge is -2.36. The van der Waals surface area contributed by atoms with Crippen molar-refractivity contribution in [2.24, 2.45) is 0 Å². The van der Waals surface area contributed by atoms with Crippen LogP contribution in [0.1, 0.15) is 16.2 Å². The molecular weight excluding hydrogens is 316 g/mol. The highest BCUT2D eigenvalue weighted by atomic mass is 35.5. The third-order valence-electron chi connectivity index (χ3n) is 3.82. The van der Waals surface area contributed by atoms with E-state index in [-0.39, 0.29) is 5.69 Å². The number of anilines is 2. The van der Waals surface area contributed by atoms with Gasteiger partial charge in [0.2, 0.25) is 5.95 Å². The fraction of sp³-hybridized carbons (Fsp3) is 0.312. The van der Waals surface area contributed by atoms with Crippen LogP contribution >= 0.6 is 11.6 Å². The van der Waals surface area contributed by atoms with Gasteiger partial charge in [-0.1, -0.05) is 23.7 Å². The van der Waals surface area contributed by atoms with E-state index in [0.29, 0.717) is 24.7 Å². The maximum atomic E-state index is 11.1. The molecule has 7 heteroatoms. The van der Waals surface area contributed by atoms with E-state index in [1.807, 2.05) is 29.2 Å². The van der Waals surface area contributed by atoms with Gasteiger partial charge < -0.3 is 14.9 Å². The number of hydrogen-bond acceptors (Lipinski definition) is 5. The number of carboxylic acids is 1. The van der Waals surface area contributed by atoms with Crippen molar-refractivity contribution in [1.29, 1.82) is 0 Å². The minimum absolute atomic E-state index is 0.0287. The van der Waals surface area contributed by atoms with Crippen molar-refractivity contribution in [3.05, 3.63) is 46.7 Å². The lowest BCUT2D eigenvalue weighted by atomic mass is 10.2. The molecule has 1 aromatic carbocycles. The van der Waals surface area contributed by atoms with Crippen molar-refractivity contribution in [3.8, 4) is 0 Å². The molecule has 120 valence electrons. The minimum atomic E-state index is -1.04. The number of aromatic nitrogens is 2. The summed E-state index contributed by atoms with van der Waals surface area (Å²) in [6.07, 6.45) is 0. The van der Waals surface area contributed by atoms with Gasteiger partial charge in [-0.15, -0.1) is 0 Å². The summed E-state index contributed by atoms with van der Waals surface area (Å²) in [5.74, 6) is -0.562. The molecule has 0 radical (unpaired) electrons. The number of hydrogen-bond donors (Lipinski definition) is 1. The number of aromatic carboxylic acids is 1. The summed E-state index contributed by atoms with van der Waals surface area (Å²) in [7, 11) is 0. The van der Waals surface area contributed by atoms with Gasteiger partial charge in [0.1, 0.15) is 0 Å². The van der Waals surface area contributed by atoms with Gasteiger partial charge in [0.15, 0.2) is 5.69 Å². The van der Waals surface area contributed by atoms with E-state index in [4.69, 9.17) is 16.7 Å². The Morgan fingerprint density at radius 2 is 1.78 bits per heavy atom. The van der Waals surface area contributed by atoms with E-state index in [0.717, 1.165) is 23.8 Å². The van der Waals surface area contributed by atoms with Gasteiger partial charge in [0.25, 0.3) is 0 Å². The Kier molecular flexibility index (Phi) is 4.34. The van der Waals surface area contributed by atoms with Crippen LogP contribution in [-0.4, -0.2) is 47.2 Å². The largest absolute Gasteiger partial charge is 0.477 e. The molecule has 0 atom stereocenters. The second-order valence-electron chi connectivity index (χ2n) is 5.43. The second kappa shape index (κ2) is 6.42. The number of benzene rings is 1. The van der Waals surface area contributed by atoms with Crippen LogP contribution in [0.15, 0.2) is 30.3 Å². The van der Waals surface area contributed by atoms with Crippen molar-refractivity contribution in [2.45, 2.75) is 6.92 Å². The van der Waals surface area contributed by atoms with Gasteiger partial charge in [-0.25, -0.2) is 14.8 Å². The minimum Gasteiger partial charge on any atom is -0.477 e. The molecular formula is C16H17ClN4O2. The number of halogens is 1. The van der Waals surface area contributed by atoms with Crippen molar-refractivity contribution < 1.29 is 9.90 Å². The molecule has 2 aromatic rings. The van der Waals surface area contributed by atoms with E-state index < -0.39 is 5.97 Å². The predicted octanol–water partition coefficient (Wildman–Crippen LogP) is 2.46. The van der Waals surface area contributed by atoms with E-state index >= 15 is 0 Å². The van der Waals surface area contributed by atoms with Gasteiger partial charge >= 0.3 is 5.97 Å². The molecule has 3 rings (SSSR count). The monoisotopic (exact) mass is 332 g/mol. The zero-order valence-corrected chi connectivity index (χ0v) is 13.5. The topological polar surface area (TPSA) is 69.6 Å². The van der Waals surface area contributed by atoms with Crippen molar-refractivity contribution in [3.63, 3.8) is 0 Å². The molecule has 1 fully saturated rings. The van der Waals surface area contributed by atoms with E-state index in [9.17, 15) is 4.79 Å². The van der Waals surface area contributed by atoms with Gasteiger partial charge in [0.05, 0.1) is 10.7 Å². The van der Waals surface area contributed by atoms with Gasteiger partial charge in [-0.2, -0.15) is 0 Å². The van der Waals surface area contributed by atoms with Crippen LogP contribution < -0.4 is 9.80 Å². The molecule has 1 aromatic heterocycles. The maximum Gasteiger partial charge on any atom is 0.354 e. The van der Waals surface area contributed by atoms with Crippen LogP contribution in [0.5, 0.6) is 0 Å². The first-order valence-corrected chi connectivity index (χ1v) is 7.76. The Balaban J connectivity index is 1.74. The van der Waals surface area contributed by atoms with Crippen LogP contribution in [0.2, 0.25) is 5.02 Å². The van der Waals surface area contributed by atoms with E-state index in [1.54, 1.807) is 6.92 Å². The van der Waals surface area contributed by atoms with Crippen molar-refractivity contribution in [1.82, 2.24) is 9.97 Å². The Hall–Kier alpha value is -2.34. The Morgan fingerprint density at radius 1 is 1.13 bits per heavy atom. The average molecular weight is 333 g/mol. The van der Waals surface area contributed by atoms with Gasteiger partial charge in [0, 0.05) is 31.9 Å². The maximum absolute atomic E-state index is 11.1. The van der Waals surface area contributed by atoms with Crippen molar-refractivity contribution in [2.75, 3.05) is 36.0 Å². The number of nitrogens with zero attached hydrogens (tertiary/aromatic N) is 4. The number of carboxylic acid groups (broad SMARTS) is 1. The molecule has 23 heavy (non-hydrogen) atoms. The fourth-order valence-electron chi connectivity index (χ4n) is 2.66. The van der Waals surface area contributed by atoms with Crippen LogP contribution in [0.3, 0.4) is 0 Å². The zero-order valence-electron chi connectivity index (χ0n) is 12.7. The summed E-state index contributed by atoms with van der Waals surface area (Å²) in [6.45, 7) is 4.77. The molecule has 0 bridgehead atoms. The second-order valence-corrected chi connectivity index (χ2v) is 5.83. The Bertz CT molecular complexity index is 730. The molecule has 2 heterocycles. The quantitative estimate of drug-likeness (QED) is 0.931. The molecule has 1 N–H and O–H groups in total. The molecule has 0 aliphatic carbocycles. The van der Waals surface area contributed by atoms with Crippen LogP contribution in [0.25, 0.3) is 0 Å². The molecule has 0 unspecified atom stereocenters. The van der Waals surface area contributed by atoms with Crippen LogP contribution in [-0.2, 0) is 0 Å². The first-order valence-electron chi connectivity index (χ1n) is 7.38. The molecule has 0 saturated carbocycles. The summed E-state index contributed by atoms with van der Waals surface area (Å²) in [5.41, 5.74) is 1.70. The summed E-state index contributed by atoms with van der Waals surface area (Å²) >= 11 is 6.24. The number of piperazine rings is 1. The van der Waals surface area contributed by atoms with Crippen LogP contribution in [0.4, 0.5) is 11.6 Å². The smallest absolute Gasteiger partial charge is 0.354 e. The van der Waals surface area contributed by atoms with E-state index in [1.165, 1.54) is 6.07 Å². The molecule has 1 saturated heterocycles. The molecule has 6 nitrogen and oxygen atoms in total.